The van der Waals surface area contributed by atoms with Crippen molar-refractivity contribution in [2.75, 3.05) is 0 Å². The SMILES string of the molecule is CC(C)c1ccc(C(=O)O)cc1.[P]. The summed E-state index contributed by atoms with van der Waals surface area (Å²) in [5.74, 6) is -0.418. The summed E-state index contributed by atoms with van der Waals surface area (Å²) in [4.78, 5) is 10.5. The molecule has 0 aromatic heterocycles. The Morgan fingerprint density at radius 2 is 1.69 bits per heavy atom. The Morgan fingerprint density at radius 1 is 1.23 bits per heavy atom. The zero-order valence-corrected chi connectivity index (χ0v) is 8.58. The number of carboxylic acid groups (broad SMARTS) is 1. The van der Waals surface area contributed by atoms with Crippen LogP contribution in [0.5, 0.6) is 0 Å². The van der Waals surface area contributed by atoms with Crippen molar-refractivity contribution in [3.63, 3.8) is 0 Å². The number of aromatic carboxylic acids is 1. The summed E-state index contributed by atoms with van der Waals surface area (Å²) in [6.07, 6.45) is 0. The third-order valence-electron chi connectivity index (χ3n) is 1.82. The van der Waals surface area contributed by atoms with Crippen LogP contribution in [0.3, 0.4) is 0 Å². The molecule has 0 atom stereocenters. The molecule has 69 valence electrons. The minimum atomic E-state index is -0.870. The van der Waals surface area contributed by atoms with Crippen LogP contribution in [0.2, 0.25) is 0 Å². The molecule has 0 spiro atoms. The predicted octanol–water partition coefficient (Wildman–Crippen LogP) is 3.37. The van der Waals surface area contributed by atoms with Gasteiger partial charge in [-0.05, 0) is 23.6 Å². The van der Waals surface area contributed by atoms with Crippen LogP contribution in [0.15, 0.2) is 24.3 Å². The van der Waals surface area contributed by atoms with Crippen molar-refractivity contribution in [1.29, 1.82) is 0 Å². The smallest absolute Gasteiger partial charge is 0.335 e. The summed E-state index contributed by atoms with van der Waals surface area (Å²) in [6, 6.07) is 6.98. The summed E-state index contributed by atoms with van der Waals surface area (Å²) in [7, 11) is 0. The molecule has 13 heavy (non-hydrogen) atoms. The summed E-state index contributed by atoms with van der Waals surface area (Å²) in [6.45, 7) is 4.16. The monoisotopic (exact) mass is 195 g/mol. The van der Waals surface area contributed by atoms with Crippen LogP contribution in [-0.4, -0.2) is 11.1 Å². The summed E-state index contributed by atoms with van der Waals surface area (Å²) >= 11 is 0. The number of hydrogen-bond acceptors (Lipinski definition) is 1. The highest BCUT2D eigenvalue weighted by Gasteiger charge is 2.02. The van der Waals surface area contributed by atoms with Gasteiger partial charge in [0.1, 0.15) is 0 Å². The van der Waals surface area contributed by atoms with Gasteiger partial charge in [0.15, 0.2) is 0 Å². The van der Waals surface area contributed by atoms with Gasteiger partial charge < -0.3 is 5.11 Å². The van der Waals surface area contributed by atoms with Gasteiger partial charge in [0.25, 0.3) is 0 Å². The molecule has 0 heterocycles. The number of carbonyl (C=O) groups is 1. The van der Waals surface area contributed by atoms with Gasteiger partial charge in [0.05, 0.1) is 5.56 Å². The second kappa shape index (κ2) is 4.98. The zero-order chi connectivity index (χ0) is 9.14. The van der Waals surface area contributed by atoms with E-state index in [1.54, 1.807) is 12.1 Å². The van der Waals surface area contributed by atoms with Crippen LogP contribution in [0.25, 0.3) is 0 Å². The van der Waals surface area contributed by atoms with E-state index in [1.807, 2.05) is 12.1 Å². The van der Waals surface area contributed by atoms with Crippen molar-refractivity contribution in [3.05, 3.63) is 35.4 Å². The molecule has 0 saturated heterocycles. The molecule has 0 aliphatic rings. The van der Waals surface area contributed by atoms with E-state index in [9.17, 15) is 4.79 Å². The van der Waals surface area contributed by atoms with Crippen molar-refractivity contribution < 1.29 is 9.90 Å². The standard InChI is InChI=1S/C10H12O2.P/c1-7(2)8-3-5-9(6-4-8)10(11)12;/h3-7H,1-2H3,(H,11,12);. The molecule has 0 bridgehead atoms. The van der Waals surface area contributed by atoms with Gasteiger partial charge in [0.2, 0.25) is 0 Å². The molecule has 1 N–H and O–H groups in total. The van der Waals surface area contributed by atoms with Crippen LogP contribution in [-0.2, 0) is 0 Å². The molecule has 3 heteroatoms. The van der Waals surface area contributed by atoms with Crippen molar-refractivity contribution in [3.8, 4) is 0 Å². The third-order valence-corrected chi connectivity index (χ3v) is 1.82. The average Bonchev–Trinajstić information content (AvgIpc) is 2.04. The minimum Gasteiger partial charge on any atom is -0.478 e. The molecule has 0 aliphatic heterocycles. The normalized spacial score (nSPS) is 9.46. The minimum absolute atomic E-state index is 0. The highest BCUT2D eigenvalue weighted by Crippen LogP contribution is 2.14. The molecule has 1 rings (SSSR count). The first-order chi connectivity index (χ1) is 5.61. The topological polar surface area (TPSA) is 37.3 Å². The maximum Gasteiger partial charge on any atom is 0.335 e. The first-order valence-electron chi connectivity index (χ1n) is 3.94. The summed E-state index contributed by atoms with van der Waals surface area (Å²) in [5, 5.41) is 8.61. The van der Waals surface area contributed by atoms with E-state index in [-0.39, 0.29) is 9.90 Å². The Balaban J connectivity index is 0.00000144. The molecular formula is C10H12O2P. The molecule has 1 aromatic carbocycles. The van der Waals surface area contributed by atoms with Crippen molar-refractivity contribution >= 4 is 15.9 Å². The molecular weight excluding hydrogens is 183 g/mol. The second-order valence-electron chi connectivity index (χ2n) is 3.08. The lowest BCUT2D eigenvalue weighted by Gasteiger charge is -2.04. The number of benzene rings is 1. The average molecular weight is 195 g/mol. The van der Waals surface area contributed by atoms with Crippen molar-refractivity contribution in [2.45, 2.75) is 19.8 Å². The number of rotatable bonds is 2. The Hall–Kier alpha value is -0.880. The van der Waals surface area contributed by atoms with E-state index in [0.717, 1.165) is 0 Å². The lowest BCUT2D eigenvalue weighted by atomic mass is 10.0. The highest BCUT2D eigenvalue weighted by molar-refractivity contribution is 6.92. The fraction of sp³-hybridized carbons (Fsp3) is 0.300. The molecule has 0 fully saturated rings. The molecule has 0 unspecified atom stereocenters. The van der Waals surface area contributed by atoms with Crippen molar-refractivity contribution in [2.24, 2.45) is 0 Å². The van der Waals surface area contributed by atoms with E-state index >= 15 is 0 Å². The first kappa shape index (κ1) is 12.1. The molecule has 3 radical (unpaired) electrons. The maximum absolute atomic E-state index is 10.5. The van der Waals surface area contributed by atoms with Gasteiger partial charge >= 0.3 is 5.97 Å². The Bertz CT molecular complexity index is 277. The fourth-order valence-electron chi connectivity index (χ4n) is 1.01. The fourth-order valence-corrected chi connectivity index (χ4v) is 1.01. The lowest BCUT2D eigenvalue weighted by molar-refractivity contribution is 0.0697. The van der Waals surface area contributed by atoms with Crippen LogP contribution >= 0.6 is 9.90 Å². The predicted molar refractivity (Wildman–Crippen MR) is 54.4 cm³/mol. The van der Waals surface area contributed by atoms with Gasteiger partial charge in [0, 0.05) is 9.90 Å². The molecule has 2 nitrogen and oxygen atoms in total. The summed E-state index contributed by atoms with van der Waals surface area (Å²) in [5.41, 5.74) is 1.51. The van der Waals surface area contributed by atoms with Gasteiger partial charge in [-0.3, -0.25) is 0 Å². The van der Waals surface area contributed by atoms with Gasteiger partial charge in [-0.15, -0.1) is 0 Å². The molecule has 0 aliphatic carbocycles. The zero-order valence-electron chi connectivity index (χ0n) is 7.69. The van der Waals surface area contributed by atoms with E-state index in [2.05, 4.69) is 13.8 Å². The Morgan fingerprint density at radius 3 is 2.00 bits per heavy atom. The third kappa shape index (κ3) is 3.16. The largest absolute Gasteiger partial charge is 0.478 e. The Labute approximate surface area is 81.6 Å². The second-order valence-corrected chi connectivity index (χ2v) is 3.08. The van der Waals surface area contributed by atoms with E-state index in [4.69, 9.17) is 5.11 Å². The van der Waals surface area contributed by atoms with E-state index in [0.29, 0.717) is 11.5 Å². The first-order valence-corrected chi connectivity index (χ1v) is 3.94. The molecule has 0 amide bonds. The maximum atomic E-state index is 10.5. The number of carboxylic acids is 1. The lowest BCUT2D eigenvalue weighted by Crippen LogP contribution is -1.96. The van der Waals surface area contributed by atoms with Crippen LogP contribution in [0, 0.1) is 0 Å². The van der Waals surface area contributed by atoms with Crippen LogP contribution in [0.1, 0.15) is 35.7 Å². The van der Waals surface area contributed by atoms with Gasteiger partial charge in [-0.2, -0.15) is 0 Å². The highest BCUT2D eigenvalue weighted by atomic mass is 31.0. The quantitative estimate of drug-likeness (QED) is 0.734. The summed E-state index contributed by atoms with van der Waals surface area (Å²) < 4.78 is 0. The Kier molecular flexibility index (Phi) is 4.64. The van der Waals surface area contributed by atoms with Crippen LogP contribution < -0.4 is 0 Å². The van der Waals surface area contributed by atoms with Crippen LogP contribution in [0.4, 0.5) is 0 Å². The molecule has 0 saturated carbocycles. The molecule has 1 aromatic rings. The van der Waals surface area contributed by atoms with E-state index < -0.39 is 5.97 Å². The number of hydrogen-bond donors (Lipinski definition) is 1. The van der Waals surface area contributed by atoms with E-state index in [1.165, 1.54) is 5.56 Å². The van der Waals surface area contributed by atoms with Gasteiger partial charge in [-0.25, -0.2) is 4.79 Å². The van der Waals surface area contributed by atoms with Gasteiger partial charge in [-0.1, -0.05) is 26.0 Å². The van der Waals surface area contributed by atoms with Crippen molar-refractivity contribution in [1.82, 2.24) is 0 Å².